The molecule has 1 aromatic heterocycles. The van der Waals surface area contributed by atoms with E-state index in [0.717, 1.165) is 30.1 Å². The number of likely N-dealkylation sites (tertiary alicyclic amines) is 1. The number of piperidine rings is 1. The molecule has 0 spiro atoms. The number of carboxylic acid groups (broad SMARTS) is 1. The zero-order valence-electron chi connectivity index (χ0n) is 12.7. The van der Waals surface area contributed by atoms with Gasteiger partial charge in [-0.2, -0.15) is 0 Å². The topological polar surface area (TPSA) is 53.4 Å². The van der Waals surface area contributed by atoms with Crippen molar-refractivity contribution in [2.24, 2.45) is 5.92 Å². The van der Waals surface area contributed by atoms with Crippen molar-refractivity contribution in [1.82, 2.24) is 9.88 Å². The van der Waals surface area contributed by atoms with Gasteiger partial charge < -0.3 is 5.11 Å². The molecule has 0 saturated carbocycles. The van der Waals surface area contributed by atoms with Crippen LogP contribution in [0.5, 0.6) is 0 Å². The van der Waals surface area contributed by atoms with E-state index in [9.17, 15) is 9.90 Å². The summed E-state index contributed by atoms with van der Waals surface area (Å²) in [4.78, 5) is 18.2. The second kappa shape index (κ2) is 5.82. The first-order valence-electron chi connectivity index (χ1n) is 7.21. The number of carbonyl (C=O) groups is 1. The number of aliphatic carboxylic acids is 1. The smallest absolute Gasteiger partial charge is 0.321 e. The first-order valence-corrected chi connectivity index (χ1v) is 8.08. The van der Waals surface area contributed by atoms with Crippen molar-refractivity contribution >= 4 is 17.3 Å². The van der Waals surface area contributed by atoms with Gasteiger partial charge in [0.05, 0.1) is 12.2 Å². The Morgan fingerprint density at radius 2 is 2.25 bits per heavy atom. The molecular formula is C15H24N2O2S. The van der Waals surface area contributed by atoms with Crippen molar-refractivity contribution in [3.8, 4) is 0 Å². The predicted molar refractivity (Wildman–Crippen MR) is 81.0 cm³/mol. The Balaban J connectivity index is 2.11. The van der Waals surface area contributed by atoms with E-state index in [2.05, 4.69) is 36.0 Å². The van der Waals surface area contributed by atoms with Gasteiger partial charge in [0.15, 0.2) is 0 Å². The van der Waals surface area contributed by atoms with Crippen LogP contribution in [0.15, 0.2) is 5.38 Å². The SMILES string of the molecule is CC1CCCN(Cc2nc(C(C)(C)C)cs2)C1C(=O)O. The summed E-state index contributed by atoms with van der Waals surface area (Å²) in [6.07, 6.45) is 2.07. The summed E-state index contributed by atoms with van der Waals surface area (Å²) < 4.78 is 0. The second-order valence-corrected chi connectivity index (χ2v) is 7.69. The molecule has 0 radical (unpaired) electrons. The lowest BCUT2D eigenvalue weighted by molar-refractivity contribution is -0.147. The summed E-state index contributed by atoms with van der Waals surface area (Å²) in [6.45, 7) is 9.99. The number of aromatic nitrogens is 1. The van der Waals surface area contributed by atoms with E-state index in [-0.39, 0.29) is 17.4 Å². The van der Waals surface area contributed by atoms with Crippen molar-refractivity contribution < 1.29 is 9.90 Å². The Hall–Kier alpha value is -0.940. The Bertz CT molecular complexity index is 478. The highest BCUT2D eigenvalue weighted by Gasteiger charge is 2.34. The lowest BCUT2D eigenvalue weighted by Gasteiger charge is -2.36. The summed E-state index contributed by atoms with van der Waals surface area (Å²) >= 11 is 1.64. The van der Waals surface area contributed by atoms with Crippen LogP contribution in [0.1, 0.15) is 51.2 Å². The number of hydrogen-bond acceptors (Lipinski definition) is 4. The van der Waals surface area contributed by atoms with E-state index in [1.54, 1.807) is 11.3 Å². The van der Waals surface area contributed by atoms with Crippen molar-refractivity contribution in [1.29, 1.82) is 0 Å². The molecule has 0 aliphatic carbocycles. The summed E-state index contributed by atoms with van der Waals surface area (Å²) in [5.74, 6) is -0.493. The summed E-state index contributed by atoms with van der Waals surface area (Å²) in [5.41, 5.74) is 1.14. The fourth-order valence-electron chi connectivity index (χ4n) is 2.75. The highest BCUT2D eigenvalue weighted by molar-refractivity contribution is 7.09. The van der Waals surface area contributed by atoms with Crippen molar-refractivity contribution in [3.05, 3.63) is 16.1 Å². The van der Waals surface area contributed by atoms with Crippen LogP contribution < -0.4 is 0 Å². The Kier molecular flexibility index (Phi) is 4.49. The minimum atomic E-state index is -0.704. The van der Waals surface area contributed by atoms with Crippen LogP contribution in [0.4, 0.5) is 0 Å². The van der Waals surface area contributed by atoms with Gasteiger partial charge in [-0.1, -0.05) is 27.7 Å². The normalized spacial score (nSPS) is 24.8. The van der Waals surface area contributed by atoms with Gasteiger partial charge in [0, 0.05) is 10.8 Å². The van der Waals surface area contributed by atoms with Crippen LogP contribution in [0.25, 0.3) is 0 Å². The Labute approximate surface area is 124 Å². The molecule has 0 amide bonds. The number of hydrogen-bond donors (Lipinski definition) is 1. The molecule has 1 saturated heterocycles. The maximum absolute atomic E-state index is 11.5. The summed E-state index contributed by atoms with van der Waals surface area (Å²) in [7, 11) is 0. The van der Waals surface area contributed by atoms with Gasteiger partial charge in [0.25, 0.3) is 0 Å². The van der Waals surface area contributed by atoms with Crippen molar-refractivity contribution in [2.75, 3.05) is 6.54 Å². The summed E-state index contributed by atoms with van der Waals surface area (Å²) in [5, 5.41) is 12.6. The van der Waals surface area contributed by atoms with Crippen LogP contribution in [0.2, 0.25) is 0 Å². The van der Waals surface area contributed by atoms with Crippen molar-refractivity contribution in [3.63, 3.8) is 0 Å². The molecule has 0 bridgehead atoms. The maximum atomic E-state index is 11.5. The fourth-order valence-corrected chi connectivity index (χ4v) is 3.80. The fraction of sp³-hybridized carbons (Fsp3) is 0.733. The van der Waals surface area contributed by atoms with E-state index in [1.807, 2.05) is 6.92 Å². The zero-order valence-corrected chi connectivity index (χ0v) is 13.5. The first-order chi connectivity index (χ1) is 9.29. The summed E-state index contributed by atoms with van der Waals surface area (Å²) in [6, 6.07) is -0.370. The molecule has 2 atom stereocenters. The molecule has 20 heavy (non-hydrogen) atoms. The quantitative estimate of drug-likeness (QED) is 0.931. The molecule has 1 N–H and O–H groups in total. The number of carboxylic acids is 1. The van der Waals surface area contributed by atoms with Gasteiger partial charge in [-0.15, -0.1) is 11.3 Å². The Morgan fingerprint density at radius 1 is 1.55 bits per heavy atom. The lowest BCUT2D eigenvalue weighted by Crippen LogP contribution is -2.48. The number of rotatable bonds is 3. The van der Waals surface area contributed by atoms with E-state index >= 15 is 0 Å². The van der Waals surface area contributed by atoms with E-state index in [0.29, 0.717) is 6.54 Å². The van der Waals surface area contributed by atoms with Gasteiger partial charge in [-0.25, -0.2) is 4.98 Å². The first kappa shape index (κ1) is 15.4. The average molecular weight is 296 g/mol. The van der Waals surface area contributed by atoms with Crippen LogP contribution in [0, 0.1) is 5.92 Å². The molecule has 1 aliphatic rings. The monoisotopic (exact) mass is 296 g/mol. The molecular weight excluding hydrogens is 272 g/mol. The molecule has 1 fully saturated rings. The highest BCUT2D eigenvalue weighted by Crippen LogP contribution is 2.28. The number of thiazole rings is 1. The van der Waals surface area contributed by atoms with Gasteiger partial charge in [0.1, 0.15) is 11.0 Å². The molecule has 1 aliphatic heterocycles. The molecule has 1 aromatic rings. The van der Waals surface area contributed by atoms with Gasteiger partial charge >= 0.3 is 5.97 Å². The molecule has 112 valence electrons. The minimum absolute atomic E-state index is 0.0517. The standard InChI is InChI=1S/C15H24N2O2S/c1-10-6-5-7-17(13(10)14(18)19)8-12-16-11(9-20-12)15(2,3)4/h9-10,13H,5-8H2,1-4H3,(H,18,19). The zero-order chi connectivity index (χ0) is 14.9. The van der Waals surface area contributed by atoms with Crippen LogP contribution in [0.3, 0.4) is 0 Å². The van der Waals surface area contributed by atoms with E-state index in [1.165, 1.54) is 0 Å². The van der Waals surface area contributed by atoms with Crippen LogP contribution >= 0.6 is 11.3 Å². The third-order valence-corrected chi connectivity index (χ3v) is 4.78. The third kappa shape index (κ3) is 3.38. The van der Waals surface area contributed by atoms with E-state index in [4.69, 9.17) is 0 Å². The van der Waals surface area contributed by atoms with Crippen LogP contribution in [-0.4, -0.2) is 33.5 Å². The second-order valence-electron chi connectivity index (χ2n) is 6.75. The molecule has 4 nitrogen and oxygen atoms in total. The highest BCUT2D eigenvalue weighted by atomic mass is 32.1. The Morgan fingerprint density at radius 3 is 2.80 bits per heavy atom. The van der Waals surface area contributed by atoms with Gasteiger partial charge in [-0.05, 0) is 25.3 Å². The van der Waals surface area contributed by atoms with Gasteiger partial charge in [-0.3, -0.25) is 9.69 Å². The molecule has 0 aromatic carbocycles. The largest absolute Gasteiger partial charge is 0.480 e. The molecule has 5 heteroatoms. The molecule has 2 heterocycles. The van der Waals surface area contributed by atoms with Crippen LogP contribution in [-0.2, 0) is 16.8 Å². The van der Waals surface area contributed by atoms with E-state index < -0.39 is 5.97 Å². The average Bonchev–Trinajstić information content (AvgIpc) is 2.76. The minimum Gasteiger partial charge on any atom is -0.480 e. The third-order valence-electron chi connectivity index (χ3n) is 3.95. The number of nitrogens with zero attached hydrogens (tertiary/aromatic N) is 2. The molecule has 2 unspecified atom stereocenters. The van der Waals surface area contributed by atoms with Gasteiger partial charge in [0.2, 0.25) is 0 Å². The maximum Gasteiger partial charge on any atom is 0.321 e. The lowest BCUT2D eigenvalue weighted by atomic mass is 9.91. The molecule has 2 rings (SSSR count). The van der Waals surface area contributed by atoms with Crippen molar-refractivity contribution in [2.45, 2.75) is 58.5 Å². The predicted octanol–water partition coefficient (Wildman–Crippen LogP) is 3.13.